The summed E-state index contributed by atoms with van der Waals surface area (Å²) in [6, 6.07) is 4.19. The molecule has 0 bridgehead atoms. The van der Waals surface area contributed by atoms with Crippen molar-refractivity contribution in [3.63, 3.8) is 0 Å². The van der Waals surface area contributed by atoms with Crippen LogP contribution in [0.4, 0.5) is 32.3 Å². The monoisotopic (exact) mass is 560 g/mol. The lowest BCUT2D eigenvalue weighted by atomic mass is 10.2. The number of aliphatic carboxylic acids is 1. The predicted octanol–water partition coefficient (Wildman–Crippen LogP) is 1.97. The summed E-state index contributed by atoms with van der Waals surface area (Å²) in [7, 11) is 1.33. The molecule has 4 rings (SSSR count). The van der Waals surface area contributed by atoms with Gasteiger partial charge in [0.25, 0.3) is 5.56 Å². The molecule has 0 unspecified atom stereocenters. The van der Waals surface area contributed by atoms with Crippen molar-refractivity contribution in [1.82, 2.24) is 24.0 Å². The Balaban J connectivity index is 0.000000532. The van der Waals surface area contributed by atoms with Crippen LogP contribution in [0.1, 0.15) is 12.5 Å². The van der Waals surface area contributed by atoms with Crippen molar-refractivity contribution in [2.24, 2.45) is 7.05 Å². The Morgan fingerprint density at radius 1 is 1.08 bits per heavy atom. The fourth-order valence-corrected chi connectivity index (χ4v) is 3.73. The van der Waals surface area contributed by atoms with Gasteiger partial charge < -0.3 is 15.3 Å². The molecule has 2 aromatic heterocycles. The van der Waals surface area contributed by atoms with Crippen molar-refractivity contribution in [1.29, 1.82) is 0 Å². The van der Waals surface area contributed by atoms with E-state index in [1.54, 1.807) is 11.5 Å². The molecule has 0 aliphatic carbocycles. The Hall–Kier alpha value is -4.26. The van der Waals surface area contributed by atoms with Gasteiger partial charge in [0.15, 0.2) is 11.2 Å². The maximum Gasteiger partial charge on any atom is 0.490 e. The van der Waals surface area contributed by atoms with Gasteiger partial charge in [0.05, 0.1) is 17.8 Å². The van der Waals surface area contributed by atoms with Crippen LogP contribution in [0, 0.1) is 11.8 Å². The second-order valence-electron chi connectivity index (χ2n) is 8.16. The quantitative estimate of drug-likeness (QED) is 0.372. The molecule has 1 aliphatic rings. The summed E-state index contributed by atoms with van der Waals surface area (Å²) in [6.45, 7) is 4.62. The van der Waals surface area contributed by atoms with Crippen molar-refractivity contribution in [3.8, 4) is 17.5 Å². The minimum Gasteiger partial charge on any atom is -0.475 e. The average molecular weight is 560 g/mol. The van der Waals surface area contributed by atoms with Gasteiger partial charge >= 0.3 is 24.0 Å². The maximum absolute atomic E-state index is 13.1. The number of hydrogen-bond donors (Lipinski definition) is 2. The summed E-state index contributed by atoms with van der Waals surface area (Å²) in [5, 5.41) is 10.4. The van der Waals surface area contributed by atoms with Crippen molar-refractivity contribution >= 4 is 23.1 Å². The third-order valence-corrected chi connectivity index (χ3v) is 5.64. The van der Waals surface area contributed by atoms with E-state index >= 15 is 0 Å². The number of imidazole rings is 1. The van der Waals surface area contributed by atoms with E-state index in [0.717, 1.165) is 29.8 Å². The van der Waals surface area contributed by atoms with E-state index in [4.69, 9.17) is 9.90 Å². The molecule has 210 valence electrons. The van der Waals surface area contributed by atoms with Crippen LogP contribution < -0.4 is 21.5 Å². The Labute approximate surface area is 216 Å². The molecule has 1 aliphatic heterocycles. The van der Waals surface area contributed by atoms with E-state index in [9.17, 15) is 35.9 Å². The second kappa shape index (κ2) is 11.2. The third-order valence-electron chi connectivity index (χ3n) is 5.64. The van der Waals surface area contributed by atoms with Gasteiger partial charge in [-0.1, -0.05) is 5.92 Å². The molecule has 10 nitrogen and oxygen atoms in total. The van der Waals surface area contributed by atoms with E-state index in [0.29, 0.717) is 19.0 Å². The molecule has 1 aromatic carbocycles. The normalized spacial score (nSPS) is 13.9. The van der Waals surface area contributed by atoms with E-state index in [2.05, 4.69) is 22.1 Å². The summed E-state index contributed by atoms with van der Waals surface area (Å²) in [5.41, 5.74) is -1.63. The lowest BCUT2D eigenvalue weighted by Gasteiger charge is -2.28. The highest BCUT2D eigenvalue weighted by Gasteiger charge is 2.38. The number of carboxylic acid groups (broad SMARTS) is 1. The molecule has 0 amide bonds. The number of nitrogens with zero attached hydrogens (tertiary/aromatic N) is 5. The van der Waals surface area contributed by atoms with Crippen LogP contribution in [0.3, 0.4) is 0 Å². The summed E-state index contributed by atoms with van der Waals surface area (Å²) in [6.07, 6.45) is -9.59. The van der Waals surface area contributed by atoms with Gasteiger partial charge in [0, 0.05) is 33.2 Å². The van der Waals surface area contributed by atoms with Crippen LogP contribution in [-0.4, -0.2) is 62.1 Å². The standard InChI is InChI=1S/C21H21F3N6O2.C2HF3O2/c1-3-4-11-29-16-17(26-19(29)28-12-9-25-10-13-28)30(20(32)27(2)18(16)31)15-7-5-14(6-8-15)21(22,23)24;3-2(4,5)1(6)7/h5-8,25H,9-13H2,1-2H3;(H,6,7). The van der Waals surface area contributed by atoms with Crippen molar-refractivity contribution in [3.05, 3.63) is 50.7 Å². The highest BCUT2D eigenvalue weighted by molar-refractivity contribution is 5.77. The molecule has 3 aromatic rings. The zero-order chi connectivity index (χ0) is 29.1. The van der Waals surface area contributed by atoms with Gasteiger partial charge in [-0.05, 0) is 31.2 Å². The molecule has 39 heavy (non-hydrogen) atoms. The number of carbonyl (C=O) groups is 1. The summed E-state index contributed by atoms with van der Waals surface area (Å²) in [4.78, 5) is 41.6. The fraction of sp³-hybridized carbons (Fsp3) is 0.391. The molecule has 1 fully saturated rings. The first-order valence-electron chi connectivity index (χ1n) is 11.2. The van der Waals surface area contributed by atoms with E-state index in [1.165, 1.54) is 23.7 Å². The molecule has 0 atom stereocenters. The van der Waals surface area contributed by atoms with Crippen molar-refractivity contribution in [2.75, 3.05) is 31.1 Å². The van der Waals surface area contributed by atoms with Crippen LogP contribution in [-0.2, 0) is 24.6 Å². The predicted molar refractivity (Wildman–Crippen MR) is 128 cm³/mol. The minimum absolute atomic E-state index is 0.0873. The summed E-state index contributed by atoms with van der Waals surface area (Å²) < 4.78 is 74.5. The first-order chi connectivity index (χ1) is 18.2. The largest absolute Gasteiger partial charge is 0.490 e. The van der Waals surface area contributed by atoms with Gasteiger partial charge in [-0.15, -0.1) is 5.92 Å². The molecule has 1 saturated heterocycles. The van der Waals surface area contributed by atoms with Gasteiger partial charge in [-0.25, -0.2) is 14.2 Å². The number of anilines is 1. The molecule has 0 saturated carbocycles. The van der Waals surface area contributed by atoms with E-state index < -0.39 is 35.1 Å². The van der Waals surface area contributed by atoms with Gasteiger partial charge in [0.1, 0.15) is 0 Å². The van der Waals surface area contributed by atoms with Crippen molar-refractivity contribution in [2.45, 2.75) is 25.8 Å². The highest BCUT2D eigenvalue weighted by Crippen LogP contribution is 2.30. The average Bonchev–Trinajstić information content (AvgIpc) is 3.25. The number of hydrogen-bond acceptors (Lipinski definition) is 6. The number of rotatable bonds is 3. The minimum atomic E-state index is -5.08. The highest BCUT2D eigenvalue weighted by atomic mass is 19.4. The summed E-state index contributed by atoms with van der Waals surface area (Å²) >= 11 is 0. The number of halogens is 6. The van der Waals surface area contributed by atoms with Gasteiger partial charge in [0.2, 0.25) is 5.95 Å². The molecular weight excluding hydrogens is 538 g/mol. The number of piperazine rings is 1. The first-order valence-corrected chi connectivity index (χ1v) is 11.2. The van der Waals surface area contributed by atoms with Crippen LogP contribution in [0.15, 0.2) is 33.9 Å². The fourth-order valence-electron chi connectivity index (χ4n) is 3.73. The number of alkyl halides is 6. The number of benzene rings is 1. The van der Waals surface area contributed by atoms with Crippen LogP contribution >= 0.6 is 0 Å². The zero-order valence-corrected chi connectivity index (χ0v) is 20.5. The Morgan fingerprint density at radius 3 is 2.13 bits per heavy atom. The van der Waals surface area contributed by atoms with Crippen LogP contribution in [0.2, 0.25) is 0 Å². The number of fused-ring (bicyclic) bond motifs is 1. The van der Waals surface area contributed by atoms with Gasteiger partial charge in [-0.2, -0.15) is 31.3 Å². The lowest BCUT2D eigenvalue weighted by molar-refractivity contribution is -0.192. The van der Waals surface area contributed by atoms with Crippen LogP contribution in [0.25, 0.3) is 16.9 Å². The lowest BCUT2D eigenvalue weighted by Crippen LogP contribution is -2.44. The molecule has 0 spiro atoms. The molecule has 2 N–H and O–H groups in total. The van der Waals surface area contributed by atoms with Gasteiger partial charge in [-0.3, -0.25) is 13.9 Å². The zero-order valence-electron chi connectivity index (χ0n) is 20.5. The van der Waals surface area contributed by atoms with Crippen LogP contribution in [0.5, 0.6) is 0 Å². The molecule has 16 heteroatoms. The Kier molecular flexibility index (Phi) is 8.44. The smallest absolute Gasteiger partial charge is 0.475 e. The molecular formula is C23H22F6N6O4. The second-order valence-corrected chi connectivity index (χ2v) is 8.16. The Bertz CT molecular complexity index is 1530. The molecule has 3 heterocycles. The van der Waals surface area contributed by atoms with Crippen molar-refractivity contribution < 1.29 is 36.2 Å². The topological polar surface area (TPSA) is 114 Å². The molecule has 0 radical (unpaired) electrons. The first kappa shape index (κ1) is 29.3. The maximum atomic E-state index is 13.1. The summed E-state index contributed by atoms with van der Waals surface area (Å²) in [5.74, 6) is 3.47. The third kappa shape index (κ3) is 6.25. The number of carboxylic acids is 1. The number of aromatic nitrogens is 4. The SMILES string of the molecule is CC#CCn1c(N2CCNCC2)nc2c1c(=O)n(C)c(=O)n2-c1ccc(C(F)(F)F)cc1.O=C(O)C(F)(F)F. The number of nitrogens with one attached hydrogen (secondary N) is 1. The van der Waals surface area contributed by atoms with E-state index in [-0.39, 0.29) is 23.4 Å². The Morgan fingerprint density at radius 2 is 1.64 bits per heavy atom. The van der Waals surface area contributed by atoms with E-state index in [1.807, 2.05) is 4.90 Å².